The third-order valence-electron chi connectivity index (χ3n) is 17.0. The molecular formula is C72H149N21O13. The van der Waals surface area contributed by atoms with Gasteiger partial charge in [0.2, 0.25) is 53.2 Å². The largest absolute Gasteiger partial charge is 0.480 e. The number of amides is 9. The molecule has 0 aliphatic carbocycles. The molecule has 0 radical (unpaired) electrons. The van der Waals surface area contributed by atoms with Crippen molar-refractivity contribution >= 4 is 65.1 Å². The number of carbonyl (C=O) groups excluding carboxylic acids is 9. The first-order chi connectivity index (χ1) is 50.4. The van der Waals surface area contributed by atoms with Crippen molar-refractivity contribution in [3.63, 3.8) is 0 Å². The number of carbonyl (C=O) groups is 11. The monoisotopic (exact) mass is 1520 g/mol. The van der Waals surface area contributed by atoms with Crippen LogP contribution >= 0.6 is 0 Å². The Morgan fingerprint density at radius 3 is 0.717 bits per heavy atom. The van der Waals surface area contributed by atoms with Crippen molar-refractivity contribution in [1.82, 2.24) is 47.9 Å². The minimum atomic E-state index is -1.18. The Hall–Kier alpha value is -6.31. The van der Waals surface area contributed by atoms with Crippen LogP contribution in [0.15, 0.2) is 0 Å². The molecule has 0 aromatic carbocycles. The minimum absolute atomic E-state index is 0.197. The minimum Gasteiger partial charge on any atom is -0.480 e. The molecule has 1 saturated heterocycles. The average molecular weight is 1520 g/mol. The number of carboxylic acid groups (broad SMARTS) is 2. The zero-order valence-corrected chi connectivity index (χ0v) is 65.3. The van der Waals surface area contributed by atoms with Crippen molar-refractivity contribution in [3.8, 4) is 0 Å². The number of carboxylic acids is 2. The predicted molar refractivity (Wildman–Crippen MR) is 417 cm³/mol. The Bertz CT molecular complexity index is 2210. The van der Waals surface area contributed by atoms with E-state index in [1.807, 2.05) is 0 Å². The molecule has 620 valence electrons. The summed E-state index contributed by atoms with van der Waals surface area (Å²) >= 11 is 0. The molecular weight excluding hydrogens is 1370 g/mol. The molecule has 0 spiro atoms. The van der Waals surface area contributed by atoms with Crippen LogP contribution in [0.1, 0.15) is 247 Å². The summed E-state index contributed by atoms with van der Waals surface area (Å²) in [6.07, 6.45) is 17.5. The maximum atomic E-state index is 13.6. The quantitative estimate of drug-likeness (QED) is 0.0323. The van der Waals surface area contributed by atoms with Gasteiger partial charge >= 0.3 is 11.9 Å². The van der Waals surface area contributed by atoms with Crippen LogP contribution < -0.4 is 117 Å². The summed E-state index contributed by atoms with van der Waals surface area (Å²) in [5, 5.41) is 42.9. The van der Waals surface area contributed by atoms with Crippen molar-refractivity contribution in [1.29, 1.82) is 0 Å². The Kier molecular flexibility index (Phi) is 65.5. The second-order valence-electron chi connectivity index (χ2n) is 28.9. The lowest BCUT2D eigenvalue weighted by Gasteiger charge is -2.27. The van der Waals surface area contributed by atoms with E-state index in [1.54, 1.807) is 6.92 Å². The van der Waals surface area contributed by atoms with Crippen LogP contribution in [0, 0.1) is 11.3 Å². The Morgan fingerprint density at radius 2 is 0.500 bits per heavy atom. The van der Waals surface area contributed by atoms with E-state index >= 15 is 0 Å². The van der Waals surface area contributed by atoms with Crippen LogP contribution in [-0.4, -0.2) is 208 Å². The van der Waals surface area contributed by atoms with Gasteiger partial charge in [-0.1, -0.05) is 47.5 Å². The SMILES string of the molecule is CC(C)(C)C.CC(CCCCN)C(=O)NC(CCCCN)C(=O)NC(CCCCN)C(=O)NC(CCCCN)C(=O)NC(CCCCN)C(=O)O.NCCCCC(N)C(=O)O.NCCCCC1NC(=O)C(CCCCN)NC(=O)C(CCCCN)NC(=O)C(CCCCN)NC(=O)C(CCCCN)NC1=O. The van der Waals surface area contributed by atoms with Crippen molar-refractivity contribution < 1.29 is 63.0 Å². The third-order valence-corrected chi connectivity index (χ3v) is 17.0. The van der Waals surface area contributed by atoms with E-state index in [1.165, 1.54) is 0 Å². The van der Waals surface area contributed by atoms with Gasteiger partial charge in [-0.2, -0.15) is 0 Å². The average Bonchev–Trinajstić information content (AvgIpc) is 1.40. The number of rotatable bonds is 54. The first-order valence-electron chi connectivity index (χ1n) is 39.1. The maximum Gasteiger partial charge on any atom is 0.326 e. The highest BCUT2D eigenvalue weighted by atomic mass is 16.4. The number of unbranched alkanes of at least 4 members (excludes halogenated alkanes) is 11. The summed E-state index contributed by atoms with van der Waals surface area (Å²) in [5.74, 6) is -7.07. The summed E-state index contributed by atoms with van der Waals surface area (Å²) in [6.45, 7) is 15.4. The highest BCUT2D eigenvalue weighted by Gasteiger charge is 2.36. The molecule has 11 unspecified atom stereocenters. The molecule has 11 atom stereocenters. The number of aliphatic carboxylic acids is 2. The number of hydrogen-bond donors (Lipinski definition) is 23. The van der Waals surface area contributed by atoms with Gasteiger partial charge in [0.1, 0.15) is 60.4 Å². The molecule has 0 bridgehead atoms. The van der Waals surface area contributed by atoms with E-state index in [0.717, 1.165) is 25.7 Å². The van der Waals surface area contributed by atoms with Gasteiger partial charge in [-0.25, -0.2) is 4.79 Å². The topological polar surface area (TPSA) is 649 Å². The normalized spacial score (nSPS) is 18.1. The summed E-state index contributed by atoms with van der Waals surface area (Å²) in [4.78, 5) is 143. The van der Waals surface area contributed by atoms with E-state index in [2.05, 4.69) is 75.5 Å². The molecule has 34 nitrogen and oxygen atoms in total. The zero-order valence-electron chi connectivity index (χ0n) is 65.3. The van der Waals surface area contributed by atoms with Gasteiger partial charge in [0, 0.05) is 5.92 Å². The van der Waals surface area contributed by atoms with Gasteiger partial charge in [-0.15, -0.1) is 0 Å². The van der Waals surface area contributed by atoms with E-state index in [4.69, 9.17) is 73.9 Å². The Morgan fingerprint density at radius 1 is 0.311 bits per heavy atom. The van der Waals surface area contributed by atoms with Gasteiger partial charge < -0.3 is 127 Å². The molecule has 1 rings (SSSR count). The van der Waals surface area contributed by atoms with Crippen LogP contribution in [0.4, 0.5) is 0 Å². The molecule has 9 amide bonds. The fourth-order valence-electron chi connectivity index (χ4n) is 10.7. The molecule has 0 saturated carbocycles. The van der Waals surface area contributed by atoms with Gasteiger partial charge in [-0.3, -0.25) is 47.9 Å². The van der Waals surface area contributed by atoms with Crippen LogP contribution in [0.3, 0.4) is 0 Å². The molecule has 1 aliphatic rings. The lowest BCUT2D eigenvalue weighted by atomic mass is 10.0. The summed E-state index contributed by atoms with van der Waals surface area (Å²) in [5.41, 5.74) is 67.3. The molecule has 1 heterocycles. The van der Waals surface area contributed by atoms with Gasteiger partial charge in [0.25, 0.3) is 0 Å². The molecule has 34 heteroatoms. The third kappa shape index (κ3) is 55.1. The summed E-state index contributed by atoms with van der Waals surface area (Å²) in [7, 11) is 0. The Balaban J connectivity index is -0.00000167. The van der Waals surface area contributed by atoms with E-state index in [9.17, 15) is 57.8 Å². The van der Waals surface area contributed by atoms with E-state index in [-0.39, 0.29) is 31.1 Å². The lowest BCUT2D eigenvalue weighted by molar-refractivity contribution is -0.142. The van der Waals surface area contributed by atoms with Gasteiger partial charge in [-0.05, 0) is 276 Å². The Labute approximate surface area is 632 Å². The van der Waals surface area contributed by atoms with Gasteiger partial charge in [0.05, 0.1) is 0 Å². The highest BCUT2D eigenvalue weighted by Crippen LogP contribution is 2.16. The van der Waals surface area contributed by atoms with Crippen molar-refractivity contribution in [2.75, 3.05) is 72.0 Å². The van der Waals surface area contributed by atoms with E-state index in [0.29, 0.717) is 244 Å². The molecule has 35 N–H and O–H groups in total. The molecule has 0 aromatic rings. The molecule has 106 heavy (non-hydrogen) atoms. The van der Waals surface area contributed by atoms with E-state index < -0.39 is 120 Å². The predicted octanol–water partition coefficient (Wildman–Crippen LogP) is -1.06. The number of nitrogens with one attached hydrogen (secondary N) is 9. The van der Waals surface area contributed by atoms with Crippen LogP contribution in [0.25, 0.3) is 0 Å². The maximum absolute atomic E-state index is 13.6. The summed E-state index contributed by atoms with van der Waals surface area (Å²) in [6, 6.07) is -9.61. The van der Waals surface area contributed by atoms with Crippen molar-refractivity contribution in [2.45, 2.75) is 307 Å². The van der Waals surface area contributed by atoms with Crippen molar-refractivity contribution in [2.24, 2.45) is 80.1 Å². The molecule has 0 aromatic heterocycles. The summed E-state index contributed by atoms with van der Waals surface area (Å²) < 4.78 is 0. The highest BCUT2D eigenvalue weighted by molar-refractivity contribution is 5.98. The van der Waals surface area contributed by atoms with Crippen LogP contribution in [0.5, 0.6) is 0 Å². The fourth-order valence-corrected chi connectivity index (χ4v) is 10.7. The molecule has 1 fully saturated rings. The van der Waals surface area contributed by atoms with Crippen LogP contribution in [0.2, 0.25) is 0 Å². The smallest absolute Gasteiger partial charge is 0.326 e. The van der Waals surface area contributed by atoms with Gasteiger partial charge in [0.15, 0.2) is 0 Å². The van der Waals surface area contributed by atoms with Crippen LogP contribution in [-0.2, 0) is 52.7 Å². The number of nitrogens with two attached hydrogens (primary N) is 12. The number of hydrogen-bond acceptors (Lipinski definition) is 23. The fraction of sp³-hybridized carbons (Fsp3) is 0.847. The zero-order chi connectivity index (χ0) is 80.7. The molecule has 1 aliphatic heterocycles. The first kappa shape index (κ1) is 104. The lowest BCUT2D eigenvalue weighted by Crippen LogP contribution is -2.58. The first-order valence-corrected chi connectivity index (χ1v) is 39.1. The second-order valence-corrected chi connectivity index (χ2v) is 28.9. The van der Waals surface area contributed by atoms with Crippen molar-refractivity contribution in [3.05, 3.63) is 0 Å². The standard InChI is InChI=1S/C31H63N9O6.C30H60N10O5.C6H14N2O2.C5H12/c1-22(12-2-7-17-32)27(41)37-23(13-3-8-18-33)28(42)38-24(14-4-9-19-34)29(43)39-25(15-5-10-20-35)30(44)40-26(31(45)46)16-6-11-21-36;31-16-6-1-11-21-26(41)37-23(13-3-8-18-33)28(43)39-25(15-5-10-20-35)30(45)40-24(14-4-9-19-34)29(44)38-22(27(42)36-21)12-2-7-17-32;7-4-2-1-3-5(8)6(9)10;1-5(2,3)4/h22-26H,2-21,32-36H2,1H3,(H,37,41)(H,38,42)(H,39,43)(H,40,44)(H,45,46);21-25H,1-20,31-35H2,(H,36,42)(H,37,41)(H,38,44)(H,39,43)(H,40,45);5H,1-4,7-8H2,(H,9,10);1-4H3. The second kappa shape index (κ2) is 66.9.